The van der Waals surface area contributed by atoms with Crippen LogP contribution in [0.3, 0.4) is 0 Å². The van der Waals surface area contributed by atoms with Gasteiger partial charge in [-0.2, -0.15) is 5.10 Å². The number of hydrazone groups is 1. The van der Waals surface area contributed by atoms with Crippen molar-refractivity contribution in [2.75, 3.05) is 0 Å². The molecular weight excluding hydrogens is 302 g/mol. The second-order valence-electron chi connectivity index (χ2n) is 5.79. The molecule has 3 aromatic rings. The van der Waals surface area contributed by atoms with Gasteiger partial charge in [-0.05, 0) is 38.5 Å². The molecule has 2 aromatic carbocycles. The van der Waals surface area contributed by atoms with Gasteiger partial charge in [-0.15, -0.1) is 5.10 Å². The fourth-order valence-corrected chi connectivity index (χ4v) is 2.63. The van der Waals surface area contributed by atoms with Crippen LogP contribution in [0.15, 0.2) is 47.6 Å². The third-order valence-electron chi connectivity index (χ3n) is 3.83. The van der Waals surface area contributed by atoms with Gasteiger partial charge in [0.2, 0.25) is 0 Å². The van der Waals surface area contributed by atoms with Crippen molar-refractivity contribution in [1.82, 2.24) is 20.4 Å². The van der Waals surface area contributed by atoms with Crippen molar-refractivity contribution in [3.05, 3.63) is 59.2 Å². The fourth-order valence-electron chi connectivity index (χ4n) is 2.63. The summed E-state index contributed by atoms with van der Waals surface area (Å²) in [5.41, 5.74) is 8.29. The molecule has 0 saturated carbocycles. The standard InChI is InChI=1S/C18H19N5O/c1-12-8-9-15(13(2)10-12)14(3)19-21-18(24)11-23-17-7-5-4-6-16(17)20-22-23/h4-10H,11H2,1-3H3,(H,21,24)/b19-14-. The molecule has 0 radical (unpaired) electrons. The van der Waals surface area contributed by atoms with Gasteiger partial charge < -0.3 is 0 Å². The number of benzene rings is 2. The van der Waals surface area contributed by atoms with Gasteiger partial charge in [-0.3, -0.25) is 4.79 Å². The summed E-state index contributed by atoms with van der Waals surface area (Å²) in [6.45, 7) is 6.03. The topological polar surface area (TPSA) is 72.2 Å². The molecule has 3 rings (SSSR count). The Morgan fingerprint density at radius 3 is 2.79 bits per heavy atom. The number of carbonyl (C=O) groups excluding carboxylic acids is 1. The smallest absolute Gasteiger partial charge is 0.261 e. The van der Waals surface area contributed by atoms with Crippen LogP contribution in [-0.4, -0.2) is 26.6 Å². The lowest BCUT2D eigenvalue weighted by atomic mass is 10.0. The number of carbonyl (C=O) groups is 1. The van der Waals surface area contributed by atoms with Crippen molar-refractivity contribution >= 4 is 22.7 Å². The van der Waals surface area contributed by atoms with E-state index < -0.39 is 0 Å². The molecule has 1 heterocycles. The van der Waals surface area contributed by atoms with Crippen LogP contribution < -0.4 is 5.43 Å². The number of aromatic nitrogens is 3. The Bertz CT molecular complexity index is 926. The zero-order chi connectivity index (χ0) is 17.1. The average Bonchev–Trinajstić information content (AvgIpc) is 2.96. The number of nitrogens with one attached hydrogen (secondary N) is 1. The summed E-state index contributed by atoms with van der Waals surface area (Å²) >= 11 is 0. The van der Waals surface area contributed by atoms with Gasteiger partial charge in [-0.1, -0.05) is 41.1 Å². The first kappa shape index (κ1) is 15.9. The summed E-state index contributed by atoms with van der Waals surface area (Å²) in [6.07, 6.45) is 0. The highest BCUT2D eigenvalue weighted by Gasteiger charge is 2.08. The van der Waals surface area contributed by atoms with Crippen LogP contribution in [0.2, 0.25) is 0 Å². The van der Waals surface area contributed by atoms with Gasteiger partial charge in [-0.25, -0.2) is 10.1 Å². The van der Waals surface area contributed by atoms with Gasteiger partial charge >= 0.3 is 0 Å². The molecule has 1 N–H and O–H groups in total. The van der Waals surface area contributed by atoms with Crippen LogP contribution >= 0.6 is 0 Å². The van der Waals surface area contributed by atoms with E-state index in [2.05, 4.69) is 26.9 Å². The predicted molar refractivity (Wildman–Crippen MR) is 93.8 cm³/mol. The summed E-state index contributed by atoms with van der Waals surface area (Å²) in [5, 5.41) is 12.2. The van der Waals surface area contributed by atoms with E-state index in [1.165, 1.54) is 5.56 Å². The molecular formula is C18H19N5O. The first-order chi connectivity index (χ1) is 11.5. The molecule has 6 heteroatoms. The second-order valence-corrected chi connectivity index (χ2v) is 5.79. The monoisotopic (exact) mass is 321 g/mol. The summed E-state index contributed by atoms with van der Waals surface area (Å²) in [6, 6.07) is 13.7. The molecule has 0 spiro atoms. The first-order valence-electron chi connectivity index (χ1n) is 7.73. The average molecular weight is 321 g/mol. The van der Waals surface area contributed by atoms with E-state index in [1.54, 1.807) is 4.68 Å². The van der Waals surface area contributed by atoms with E-state index in [9.17, 15) is 4.79 Å². The Hall–Kier alpha value is -3.02. The van der Waals surface area contributed by atoms with Gasteiger partial charge in [0.05, 0.1) is 11.2 Å². The van der Waals surface area contributed by atoms with E-state index in [-0.39, 0.29) is 12.5 Å². The molecule has 122 valence electrons. The highest BCUT2D eigenvalue weighted by atomic mass is 16.2. The summed E-state index contributed by atoms with van der Waals surface area (Å²) < 4.78 is 1.56. The Morgan fingerprint density at radius 2 is 2.00 bits per heavy atom. The maximum absolute atomic E-state index is 12.1. The summed E-state index contributed by atoms with van der Waals surface area (Å²) in [4.78, 5) is 12.1. The number of aryl methyl sites for hydroxylation is 2. The van der Waals surface area contributed by atoms with Crippen LogP contribution in [0, 0.1) is 13.8 Å². The zero-order valence-electron chi connectivity index (χ0n) is 13.9. The SMILES string of the molecule is C/C(=N/NC(=O)Cn1nnc2ccccc21)c1ccc(C)cc1C. The third kappa shape index (κ3) is 3.32. The molecule has 0 aliphatic rings. The lowest BCUT2D eigenvalue weighted by molar-refractivity contribution is -0.121. The largest absolute Gasteiger partial charge is 0.271 e. The molecule has 1 aromatic heterocycles. The highest BCUT2D eigenvalue weighted by molar-refractivity contribution is 6.00. The second kappa shape index (κ2) is 6.62. The number of hydrogen-bond donors (Lipinski definition) is 1. The minimum Gasteiger partial charge on any atom is -0.271 e. The van der Waals surface area contributed by atoms with Gasteiger partial charge in [0.25, 0.3) is 5.91 Å². The Balaban J connectivity index is 1.70. The van der Waals surface area contributed by atoms with Crippen molar-refractivity contribution in [2.45, 2.75) is 27.3 Å². The normalized spacial score (nSPS) is 11.7. The number of amides is 1. The quantitative estimate of drug-likeness (QED) is 0.593. The maximum atomic E-state index is 12.1. The Kier molecular flexibility index (Phi) is 4.37. The molecule has 0 saturated heterocycles. The van der Waals surface area contributed by atoms with Crippen LogP contribution in [0.25, 0.3) is 11.0 Å². The highest BCUT2D eigenvalue weighted by Crippen LogP contribution is 2.12. The number of fused-ring (bicyclic) bond motifs is 1. The minimum absolute atomic E-state index is 0.0736. The lowest BCUT2D eigenvalue weighted by Gasteiger charge is -2.07. The number of rotatable bonds is 4. The van der Waals surface area contributed by atoms with Crippen LogP contribution in [-0.2, 0) is 11.3 Å². The molecule has 0 aliphatic carbocycles. The molecule has 6 nitrogen and oxygen atoms in total. The van der Waals surface area contributed by atoms with E-state index in [0.717, 1.165) is 27.9 Å². The van der Waals surface area contributed by atoms with Crippen molar-refractivity contribution in [2.24, 2.45) is 5.10 Å². The van der Waals surface area contributed by atoms with Crippen LogP contribution in [0.1, 0.15) is 23.6 Å². The molecule has 0 unspecified atom stereocenters. The predicted octanol–water partition coefficient (Wildman–Crippen LogP) is 2.59. The van der Waals surface area contributed by atoms with E-state index in [1.807, 2.05) is 57.2 Å². The van der Waals surface area contributed by atoms with Gasteiger partial charge in [0.15, 0.2) is 0 Å². The number of nitrogens with zero attached hydrogens (tertiary/aromatic N) is 4. The minimum atomic E-state index is -0.241. The summed E-state index contributed by atoms with van der Waals surface area (Å²) in [7, 11) is 0. The first-order valence-corrected chi connectivity index (χ1v) is 7.73. The lowest BCUT2D eigenvalue weighted by Crippen LogP contribution is -2.25. The number of hydrogen-bond acceptors (Lipinski definition) is 4. The van der Waals surface area contributed by atoms with E-state index >= 15 is 0 Å². The van der Waals surface area contributed by atoms with Crippen molar-refractivity contribution in [3.8, 4) is 0 Å². The molecule has 0 atom stereocenters. The van der Waals surface area contributed by atoms with Gasteiger partial charge in [0, 0.05) is 5.56 Å². The molecule has 0 bridgehead atoms. The molecule has 0 fully saturated rings. The molecule has 0 aliphatic heterocycles. The fraction of sp³-hybridized carbons (Fsp3) is 0.222. The van der Waals surface area contributed by atoms with Gasteiger partial charge in [0.1, 0.15) is 12.1 Å². The zero-order valence-corrected chi connectivity index (χ0v) is 13.9. The Labute approximate surface area is 140 Å². The molecule has 1 amide bonds. The van der Waals surface area contributed by atoms with Crippen LogP contribution in [0.5, 0.6) is 0 Å². The van der Waals surface area contributed by atoms with Crippen molar-refractivity contribution in [3.63, 3.8) is 0 Å². The van der Waals surface area contributed by atoms with Crippen LogP contribution in [0.4, 0.5) is 0 Å². The Morgan fingerprint density at radius 1 is 1.21 bits per heavy atom. The molecule has 24 heavy (non-hydrogen) atoms. The maximum Gasteiger partial charge on any atom is 0.261 e. The summed E-state index contributed by atoms with van der Waals surface area (Å²) in [5.74, 6) is -0.241. The van der Waals surface area contributed by atoms with E-state index in [4.69, 9.17) is 0 Å². The van der Waals surface area contributed by atoms with E-state index in [0.29, 0.717) is 0 Å². The third-order valence-corrected chi connectivity index (χ3v) is 3.83. The number of para-hydroxylation sites is 1. The van der Waals surface area contributed by atoms with Crippen molar-refractivity contribution in [1.29, 1.82) is 0 Å². The van der Waals surface area contributed by atoms with Crippen molar-refractivity contribution < 1.29 is 4.79 Å².